The van der Waals surface area contributed by atoms with Crippen LogP contribution in [0.1, 0.15) is 13.8 Å². The van der Waals surface area contributed by atoms with Crippen molar-refractivity contribution in [3.05, 3.63) is 0 Å². The predicted octanol–water partition coefficient (Wildman–Crippen LogP) is 0.0168. The molecule has 0 unspecified atom stereocenters. The van der Waals surface area contributed by atoms with Crippen LogP contribution in [0.4, 0.5) is 0 Å². The van der Waals surface area contributed by atoms with Crippen molar-refractivity contribution in [1.82, 2.24) is 5.32 Å². The molecule has 0 atom stereocenters. The van der Waals surface area contributed by atoms with Gasteiger partial charge in [-0.15, -0.1) is 0 Å². The van der Waals surface area contributed by atoms with Gasteiger partial charge in [0.05, 0.1) is 0 Å². The summed E-state index contributed by atoms with van der Waals surface area (Å²) in [6.45, 7) is 3.76. The van der Waals surface area contributed by atoms with E-state index in [0.717, 1.165) is 0 Å². The van der Waals surface area contributed by atoms with Crippen LogP contribution in [0.15, 0.2) is 0 Å². The fourth-order valence-corrected chi connectivity index (χ4v) is 0.118. The molecule has 1 amide bonds. The van der Waals surface area contributed by atoms with Crippen molar-refractivity contribution in [2.24, 2.45) is 0 Å². The molecule has 0 radical (unpaired) electrons. The van der Waals surface area contributed by atoms with Crippen LogP contribution in [0.3, 0.4) is 0 Å². The molecular weight excluding hydrogens is 142 g/mol. The Balaban J connectivity index is 0. The summed E-state index contributed by atoms with van der Waals surface area (Å²) in [7, 11) is 0. The molecule has 0 bridgehead atoms. The second-order valence-electron chi connectivity index (χ2n) is 1.40. The first-order valence-corrected chi connectivity index (χ1v) is 3.09. The molecule has 0 saturated heterocycles. The van der Waals surface area contributed by atoms with E-state index < -0.39 is 0 Å². The average molecular weight is 152 g/mol. The first kappa shape index (κ1) is 10.8. The van der Waals surface area contributed by atoms with Crippen molar-refractivity contribution in [3.8, 4) is 0 Å². The van der Waals surface area contributed by atoms with Crippen molar-refractivity contribution in [2.75, 3.05) is 0 Å². The molecule has 8 heavy (non-hydrogen) atoms. The Hall–Kier alpha value is -0.128. The standard InChI is InChI=1S/C4H8NO.CH2.Cr/c1-4(2)5-3-6;;/h4H,1-2H3,(H,5,6);1H2;/q-1;;. The summed E-state index contributed by atoms with van der Waals surface area (Å²) in [6, 6.07) is 0.225. The molecule has 0 rings (SSSR count). The zero-order valence-electron chi connectivity index (χ0n) is 5.10. The van der Waals surface area contributed by atoms with Gasteiger partial charge in [-0.3, -0.25) is 0 Å². The van der Waals surface area contributed by atoms with E-state index in [2.05, 4.69) is 26.6 Å². The van der Waals surface area contributed by atoms with Crippen LogP contribution in [-0.2, 0) is 20.6 Å². The van der Waals surface area contributed by atoms with E-state index in [1.165, 1.54) is 0 Å². The van der Waals surface area contributed by atoms with Gasteiger partial charge < -0.3 is 10.1 Å². The second kappa shape index (κ2) is 9.98. The molecule has 0 aromatic heterocycles. The Morgan fingerprint density at radius 3 is 2.00 bits per heavy atom. The Morgan fingerprint density at radius 2 is 2.00 bits per heavy atom. The van der Waals surface area contributed by atoms with Crippen LogP contribution >= 0.6 is 0 Å². The zero-order valence-corrected chi connectivity index (χ0v) is 6.38. The van der Waals surface area contributed by atoms with Crippen molar-refractivity contribution >= 4 is 11.8 Å². The molecule has 2 nitrogen and oxygen atoms in total. The topological polar surface area (TPSA) is 29.1 Å². The van der Waals surface area contributed by atoms with Gasteiger partial charge in [0.2, 0.25) is 0 Å². The molecule has 0 saturated carbocycles. The summed E-state index contributed by atoms with van der Waals surface area (Å²) in [6.07, 6.45) is 1.57. The molecule has 0 aromatic carbocycles. The van der Waals surface area contributed by atoms with E-state index in [4.69, 9.17) is 0 Å². The van der Waals surface area contributed by atoms with Crippen LogP contribution < -0.4 is 5.32 Å². The summed E-state index contributed by atoms with van der Waals surface area (Å²) in [5.41, 5.74) is 0. The summed E-state index contributed by atoms with van der Waals surface area (Å²) in [4.78, 5) is 9.38. The third-order valence-electron chi connectivity index (χ3n) is 0.348. The Labute approximate surface area is 58.2 Å². The van der Waals surface area contributed by atoms with Gasteiger partial charge in [0.1, 0.15) is 0 Å². The maximum atomic E-state index is 9.38. The zero-order chi connectivity index (χ0) is 6.99. The number of rotatable bonds is 2. The quantitative estimate of drug-likeness (QED) is 0.438. The third kappa shape index (κ3) is 16.9. The Bertz CT molecular complexity index is 56.4. The fourth-order valence-electron chi connectivity index (χ4n) is 0.118. The molecule has 0 aliphatic carbocycles. The molecule has 1 N–H and O–H groups in total. The monoisotopic (exact) mass is 152 g/mol. The van der Waals surface area contributed by atoms with Crippen LogP contribution in [-0.4, -0.2) is 17.8 Å². The summed E-state index contributed by atoms with van der Waals surface area (Å²) in [5, 5.41) is 5.53. The SMILES string of the molecule is CC(C)N[C-]=O.[CH2]=[Cr]. The summed E-state index contributed by atoms with van der Waals surface area (Å²) >= 11 is 2.38. The second-order valence-corrected chi connectivity index (χ2v) is 1.40. The van der Waals surface area contributed by atoms with E-state index in [1.807, 2.05) is 13.8 Å². The molecule has 3 heteroatoms. The minimum absolute atomic E-state index is 0.225. The van der Waals surface area contributed by atoms with Gasteiger partial charge in [0.25, 0.3) is 0 Å². The number of carbonyl (C=O) groups excluding carboxylic acids is 1. The molecule has 0 aliphatic rings. The first-order valence-electron chi connectivity index (χ1n) is 2.19. The van der Waals surface area contributed by atoms with E-state index in [9.17, 15) is 4.79 Å². The number of amides is 1. The van der Waals surface area contributed by atoms with Gasteiger partial charge in [-0.25, -0.2) is 0 Å². The molecule has 0 aromatic rings. The van der Waals surface area contributed by atoms with Gasteiger partial charge in [-0.1, -0.05) is 0 Å². The summed E-state index contributed by atoms with van der Waals surface area (Å²) in [5.74, 6) is 0. The van der Waals surface area contributed by atoms with Crippen LogP contribution in [0, 0.1) is 0 Å². The normalized spacial score (nSPS) is 6.88. The molecule has 48 valence electrons. The van der Waals surface area contributed by atoms with Gasteiger partial charge >= 0.3 is 21.2 Å². The third-order valence-corrected chi connectivity index (χ3v) is 0.348. The van der Waals surface area contributed by atoms with Gasteiger partial charge in [-0.2, -0.15) is 6.41 Å². The number of nitrogens with one attached hydrogen (secondary N) is 1. The Morgan fingerprint density at radius 1 is 1.62 bits per heavy atom. The van der Waals surface area contributed by atoms with Crippen LogP contribution in [0.5, 0.6) is 0 Å². The van der Waals surface area contributed by atoms with E-state index in [1.54, 1.807) is 6.41 Å². The van der Waals surface area contributed by atoms with E-state index in [-0.39, 0.29) is 6.04 Å². The molecule has 0 heterocycles. The van der Waals surface area contributed by atoms with E-state index >= 15 is 0 Å². The fraction of sp³-hybridized carbons (Fsp3) is 0.600. The van der Waals surface area contributed by atoms with Crippen LogP contribution in [0.25, 0.3) is 0 Å². The predicted molar refractivity (Wildman–Crippen MR) is 31.1 cm³/mol. The maximum absolute atomic E-state index is 9.38. The van der Waals surface area contributed by atoms with Crippen molar-refractivity contribution in [2.45, 2.75) is 19.9 Å². The van der Waals surface area contributed by atoms with Gasteiger partial charge in [0.15, 0.2) is 0 Å². The number of hydrogen-bond donors (Lipinski definition) is 1. The van der Waals surface area contributed by atoms with Crippen molar-refractivity contribution < 1.29 is 20.6 Å². The minimum atomic E-state index is 0.225. The first-order chi connectivity index (χ1) is 3.77. The molecular formula is C5H10CrNO-. The van der Waals surface area contributed by atoms with Gasteiger partial charge in [-0.05, 0) is 19.9 Å². The Kier molecular flexibility index (Phi) is 13.5. The number of hydrogen-bond acceptors (Lipinski definition) is 1. The van der Waals surface area contributed by atoms with Crippen LogP contribution in [0.2, 0.25) is 0 Å². The molecule has 0 aliphatic heterocycles. The molecule has 0 spiro atoms. The average Bonchev–Trinajstić information content (AvgIpc) is 1.72. The van der Waals surface area contributed by atoms with E-state index in [0.29, 0.717) is 0 Å². The van der Waals surface area contributed by atoms with Crippen molar-refractivity contribution in [1.29, 1.82) is 0 Å². The molecule has 0 fully saturated rings. The van der Waals surface area contributed by atoms with Crippen molar-refractivity contribution in [3.63, 3.8) is 0 Å². The van der Waals surface area contributed by atoms with Gasteiger partial charge in [0, 0.05) is 0 Å². The summed E-state index contributed by atoms with van der Waals surface area (Å²) < 4.78 is 0.